The van der Waals surface area contributed by atoms with Crippen LogP contribution in [0.15, 0.2) is 24.3 Å². The maximum Gasteiger partial charge on any atom is 0.243 e. The molecule has 136 valence electrons. The number of hydrogen-bond donors (Lipinski definition) is 2. The lowest BCUT2D eigenvalue weighted by Gasteiger charge is -2.24. The Morgan fingerprint density at radius 3 is 2.32 bits per heavy atom. The summed E-state index contributed by atoms with van der Waals surface area (Å²) < 4.78 is 0. The molecule has 3 amide bonds. The molecule has 1 fully saturated rings. The fraction of sp³-hybridized carbons (Fsp3) is 0.526. The van der Waals surface area contributed by atoms with Gasteiger partial charge in [-0.25, -0.2) is 0 Å². The zero-order valence-electron chi connectivity index (χ0n) is 15.2. The molecule has 0 radical (unpaired) electrons. The number of nitrogens with zero attached hydrogens (tertiary/aromatic N) is 1. The first-order valence-corrected chi connectivity index (χ1v) is 8.77. The molecule has 0 saturated heterocycles. The van der Waals surface area contributed by atoms with Gasteiger partial charge in [0.25, 0.3) is 0 Å². The van der Waals surface area contributed by atoms with Crippen molar-refractivity contribution in [2.75, 3.05) is 25.0 Å². The summed E-state index contributed by atoms with van der Waals surface area (Å²) in [5, 5.41) is 5.31. The highest BCUT2D eigenvalue weighted by Gasteiger charge is 2.34. The van der Waals surface area contributed by atoms with Crippen LogP contribution in [0.3, 0.4) is 0 Å². The topological polar surface area (TPSA) is 78.5 Å². The second kappa shape index (κ2) is 8.65. The lowest BCUT2D eigenvalue weighted by atomic mass is 10.2. The van der Waals surface area contributed by atoms with Gasteiger partial charge in [-0.05, 0) is 37.8 Å². The van der Waals surface area contributed by atoms with Crippen molar-refractivity contribution in [2.45, 2.75) is 33.6 Å². The molecule has 0 spiro atoms. The van der Waals surface area contributed by atoms with E-state index in [1.807, 2.05) is 45.0 Å². The third-order valence-electron chi connectivity index (χ3n) is 3.94. The molecule has 1 aromatic carbocycles. The van der Waals surface area contributed by atoms with Gasteiger partial charge < -0.3 is 15.5 Å². The summed E-state index contributed by atoms with van der Waals surface area (Å²) in [7, 11) is 0. The average Bonchev–Trinajstić information content (AvgIpc) is 3.38. The molecule has 0 heterocycles. The van der Waals surface area contributed by atoms with Gasteiger partial charge in [-0.3, -0.25) is 14.4 Å². The van der Waals surface area contributed by atoms with E-state index in [9.17, 15) is 14.4 Å². The number of nitrogens with one attached hydrogen (secondary N) is 2. The Bertz CT molecular complexity index is 621. The van der Waals surface area contributed by atoms with E-state index in [0.29, 0.717) is 18.2 Å². The highest BCUT2D eigenvalue weighted by Crippen LogP contribution is 2.31. The van der Waals surface area contributed by atoms with Gasteiger partial charge in [-0.15, -0.1) is 0 Å². The van der Waals surface area contributed by atoms with Crippen LogP contribution in [0, 0.1) is 18.8 Å². The quantitative estimate of drug-likeness (QED) is 0.756. The Morgan fingerprint density at radius 1 is 1.12 bits per heavy atom. The Labute approximate surface area is 149 Å². The van der Waals surface area contributed by atoms with Crippen molar-refractivity contribution in [3.8, 4) is 0 Å². The van der Waals surface area contributed by atoms with E-state index in [0.717, 1.165) is 18.4 Å². The summed E-state index contributed by atoms with van der Waals surface area (Å²) in [6, 6.07) is 7.43. The number of benzene rings is 1. The van der Waals surface area contributed by atoms with Crippen LogP contribution in [0.4, 0.5) is 5.69 Å². The van der Waals surface area contributed by atoms with Crippen LogP contribution in [0.25, 0.3) is 0 Å². The predicted octanol–water partition coefficient (Wildman–Crippen LogP) is 1.94. The SMILES string of the molecule is Cc1ccc(NC(=O)CNC(=O)CN(CC(C)C)C(=O)C2CC2)cc1. The summed E-state index contributed by atoms with van der Waals surface area (Å²) in [5.74, 6) is -0.181. The third kappa shape index (κ3) is 6.57. The van der Waals surface area contributed by atoms with Gasteiger partial charge in [0.05, 0.1) is 13.1 Å². The predicted molar refractivity (Wildman–Crippen MR) is 97.0 cm³/mol. The van der Waals surface area contributed by atoms with E-state index in [1.165, 1.54) is 0 Å². The maximum atomic E-state index is 12.2. The van der Waals surface area contributed by atoms with Crippen LogP contribution in [-0.4, -0.2) is 42.3 Å². The average molecular weight is 345 g/mol. The number of amides is 3. The van der Waals surface area contributed by atoms with Gasteiger partial charge in [-0.1, -0.05) is 31.5 Å². The molecule has 2 N–H and O–H groups in total. The van der Waals surface area contributed by atoms with Gasteiger partial charge in [0.15, 0.2) is 0 Å². The fourth-order valence-electron chi connectivity index (χ4n) is 2.51. The molecule has 6 heteroatoms. The molecule has 0 aliphatic heterocycles. The van der Waals surface area contributed by atoms with Crippen molar-refractivity contribution in [1.82, 2.24) is 10.2 Å². The van der Waals surface area contributed by atoms with E-state index >= 15 is 0 Å². The summed E-state index contributed by atoms with van der Waals surface area (Å²) in [4.78, 5) is 37.9. The molecule has 0 aromatic heterocycles. The Morgan fingerprint density at radius 2 is 1.76 bits per heavy atom. The van der Waals surface area contributed by atoms with E-state index < -0.39 is 0 Å². The van der Waals surface area contributed by atoms with Crippen LogP contribution in [-0.2, 0) is 14.4 Å². The number of rotatable bonds is 8. The summed E-state index contributed by atoms with van der Waals surface area (Å²) in [6.07, 6.45) is 1.82. The minimum atomic E-state index is -0.311. The van der Waals surface area contributed by atoms with E-state index in [2.05, 4.69) is 10.6 Å². The summed E-state index contributed by atoms with van der Waals surface area (Å²) in [5.41, 5.74) is 1.80. The lowest BCUT2D eigenvalue weighted by molar-refractivity contribution is -0.137. The normalized spacial score (nSPS) is 13.4. The number of aryl methyl sites for hydroxylation is 1. The van der Waals surface area contributed by atoms with Crippen LogP contribution >= 0.6 is 0 Å². The molecule has 6 nitrogen and oxygen atoms in total. The van der Waals surface area contributed by atoms with Crippen molar-refractivity contribution in [2.24, 2.45) is 11.8 Å². The van der Waals surface area contributed by atoms with Crippen molar-refractivity contribution in [3.63, 3.8) is 0 Å². The fourth-order valence-corrected chi connectivity index (χ4v) is 2.51. The summed E-state index contributed by atoms with van der Waals surface area (Å²) >= 11 is 0. The minimum absolute atomic E-state index is 0.00528. The standard InChI is InChI=1S/C19H27N3O3/c1-13(2)11-22(19(25)15-6-7-15)12-18(24)20-10-17(23)21-16-8-4-14(3)5-9-16/h4-5,8-9,13,15H,6-7,10-12H2,1-3H3,(H,20,24)(H,21,23). The van der Waals surface area contributed by atoms with Gasteiger partial charge in [0.1, 0.15) is 0 Å². The maximum absolute atomic E-state index is 12.2. The number of hydrogen-bond acceptors (Lipinski definition) is 3. The molecule has 2 rings (SSSR count). The van der Waals surface area contributed by atoms with Crippen molar-refractivity contribution < 1.29 is 14.4 Å². The largest absolute Gasteiger partial charge is 0.345 e. The number of carbonyl (C=O) groups is 3. The van der Waals surface area contributed by atoms with Crippen LogP contribution in [0.2, 0.25) is 0 Å². The molecule has 1 saturated carbocycles. The molecule has 0 unspecified atom stereocenters. The molecule has 25 heavy (non-hydrogen) atoms. The van der Waals surface area contributed by atoms with Crippen LogP contribution in [0.5, 0.6) is 0 Å². The summed E-state index contributed by atoms with van der Waals surface area (Å²) in [6.45, 7) is 6.45. The van der Waals surface area contributed by atoms with Crippen LogP contribution in [0.1, 0.15) is 32.3 Å². The first kappa shape index (κ1) is 19.0. The Balaban J connectivity index is 1.78. The number of carbonyl (C=O) groups excluding carboxylic acids is 3. The van der Waals surface area contributed by atoms with Gasteiger partial charge in [-0.2, -0.15) is 0 Å². The van der Waals surface area contributed by atoms with Crippen molar-refractivity contribution >= 4 is 23.4 Å². The van der Waals surface area contributed by atoms with E-state index in [-0.39, 0.29) is 36.7 Å². The second-order valence-corrected chi connectivity index (χ2v) is 7.08. The zero-order valence-corrected chi connectivity index (χ0v) is 15.2. The first-order valence-electron chi connectivity index (χ1n) is 8.77. The highest BCUT2D eigenvalue weighted by molar-refractivity contribution is 5.95. The monoisotopic (exact) mass is 345 g/mol. The highest BCUT2D eigenvalue weighted by atomic mass is 16.2. The molecular weight excluding hydrogens is 318 g/mol. The zero-order chi connectivity index (χ0) is 18.4. The molecule has 1 aliphatic rings. The molecule has 0 atom stereocenters. The molecule has 1 aliphatic carbocycles. The lowest BCUT2D eigenvalue weighted by Crippen LogP contribution is -2.44. The van der Waals surface area contributed by atoms with Gasteiger partial charge in [0, 0.05) is 18.2 Å². The van der Waals surface area contributed by atoms with Gasteiger partial charge >= 0.3 is 0 Å². The number of anilines is 1. The Kier molecular flexibility index (Phi) is 6.56. The van der Waals surface area contributed by atoms with Gasteiger partial charge in [0.2, 0.25) is 17.7 Å². The third-order valence-corrected chi connectivity index (χ3v) is 3.94. The van der Waals surface area contributed by atoms with Crippen molar-refractivity contribution in [1.29, 1.82) is 0 Å². The molecular formula is C19H27N3O3. The molecule has 1 aromatic rings. The van der Waals surface area contributed by atoms with E-state index in [4.69, 9.17) is 0 Å². The first-order chi connectivity index (χ1) is 11.8. The van der Waals surface area contributed by atoms with Crippen LogP contribution < -0.4 is 10.6 Å². The Hall–Kier alpha value is -2.37. The second-order valence-electron chi connectivity index (χ2n) is 7.08. The van der Waals surface area contributed by atoms with Crippen molar-refractivity contribution in [3.05, 3.63) is 29.8 Å². The van der Waals surface area contributed by atoms with E-state index in [1.54, 1.807) is 4.90 Å². The minimum Gasteiger partial charge on any atom is -0.345 e. The smallest absolute Gasteiger partial charge is 0.243 e. The molecule has 0 bridgehead atoms.